The van der Waals surface area contributed by atoms with Crippen molar-refractivity contribution in [2.45, 2.75) is 38.1 Å². The van der Waals surface area contributed by atoms with Crippen LogP contribution in [0.4, 0.5) is 5.69 Å². The molecule has 0 unspecified atom stereocenters. The lowest BCUT2D eigenvalue weighted by Gasteiger charge is -2.26. The number of rotatable bonds is 4. The van der Waals surface area contributed by atoms with Gasteiger partial charge in [0, 0.05) is 24.6 Å². The molecule has 1 N–H and O–H groups in total. The van der Waals surface area contributed by atoms with E-state index in [-0.39, 0.29) is 17.2 Å². The van der Waals surface area contributed by atoms with E-state index in [1.165, 1.54) is 18.2 Å². The lowest BCUT2D eigenvalue weighted by atomic mass is 9.96. The van der Waals surface area contributed by atoms with E-state index in [1.807, 2.05) is 0 Å². The van der Waals surface area contributed by atoms with Crippen molar-refractivity contribution in [2.24, 2.45) is 0 Å². The summed E-state index contributed by atoms with van der Waals surface area (Å²) in [6.45, 7) is 1.70. The highest BCUT2D eigenvalue weighted by Crippen LogP contribution is 2.37. The number of carbonyl (C=O) groups is 1. The highest BCUT2D eigenvalue weighted by molar-refractivity contribution is 5.95. The van der Waals surface area contributed by atoms with E-state index in [0.717, 1.165) is 12.8 Å². The number of benzene rings is 1. The lowest BCUT2D eigenvalue weighted by molar-refractivity contribution is -0.384. The highest BCUT2D eigenvalue weighted by Gasteiger charge is 2.41. The SMILES string of the molecule is Cc1nc(C2(NC(=O)c3cccc([N+](=O)[O-])c3)CCCC2)no1. The third-order valence-electron chi connectivity index (χ3n) is 4.08. The van der Waals surface area contributed by atoms with Crippen LogP contribution in [0, 0.1) is 17.0 Å². The second-order valence-electron chi connectivity index (χ2n) is 5.69. The summed E-state index contributed by atoms with van der Waals surface area (Å²) in [4.78, 5) is 27.1. The van der Waals surface area contributed by atoms with Crippen molar-refractivity contribution in [1.29, 1.82) is 0 Å². The minimum absolute atomic E-state index is 0.117. The number of aromatic nitrogens is 2. The first-order chi connectivity index (χ1) is 11.0. The summed E-state index contributed by atoms with van der Waals surface area (Å²) in [5.74, 6) is 0.528. The van der Waals surface area contributed by atoms with Crippen LogP contribution in [-0.4, -0.2) is 21.0 Å². The van der Waals surface area contributed by atoms with Crippen molar-refractivity contribution >= 4 is 11.6 Å². The molecule has 0 atom stereocenters. The van der Waals surface area contributed by atoms with Crippen LogP contribution >= 0.6 is 0 Å². The van der Waals surface area contributed by atoms with Crippen LogP contribution < -0.4 is 5.32 Å². The maximum Gasteiger partial charge on any atom is 0.270 e. The summed E-state index contributed by atoms with van der Waals surface area (Å²) < 4.78 is 5.04. The Morgan fingerprint density at radius 3 is 2.74 bits per heavy atom. The molecule has 1 aliphatic rings. The monoisotopic (exact) mass is 316 g/mol. The van der Waals surface area contributed by atoms with E-state index in [1.54, 1.807) is 13.0 Å². The largest absolute Gasteiger partial charge is 0.340 e. The molecular formula is C15H16N4O4. The predicted octanol–water partition coefficient (Wildman–Crippen LogP) is 2.49. The fourth-order valence-corrected chi connectivity index (χ4v) is 2.93. The topological polar surface area (TPSA) is 111 Å². The normalized spacial score (nSPS) is 16.2. The number of carbonyl (C=O) groups excluding carboxylic acids is 1. The Labute approximate surface area is 132 Å². The van der Waals surface area contributed by atoms with Gasteiger partial charge in [-0.15, -0.1) is 0 Å². The molecule has 8 nitrogen and oxygen atoms in total. The van der Waals surface area contributed by atoms with E-state index in [2.05, 4.69) is 15.5 Å². The van der Waals surface area contributed by atoms with E-state index in [9.17, 15) is 14.9 Å². The van der Waals surface area contributed by atoms with Crippen LogP contribution in [0.2, 0.25) is 0 Å². The lowest BCUT2D eigenvalue weighted by Crippen LogP contribution is -2.44. The van der Waals surface area contributed by atoms with Crippen LogP contribution in [0.1, 0.15) is 47.8 Å². The Bertz CT molecular complexity index is 749. The molecule has 0 radical (unpaired) electrons. The first-order valence-electron chi connectivity index (χ1n) is 7.38. The van der Waals surface area contributed by atoms with Gasteiger partial charge >= 0.3 is 0 Å². The van der Waals surface area contributed by atoms with Crippen molar-refractivity contribution in [3.8, 4) is 0 Å². The first kappa shape index (κ1) is 15.1. The highest BCUT2D eigenvalue weighted by atomic mass is 16.6. The average Bonchev–Trinajstić information content (AvgIpc) is 3.17. The zero-order valence-corrected chi connectivity index (χ0v) is 12.6. The van der Waals surface area contributed by atoms with Gasteiger partial charge in [-0.25, -0.2) is 0 Å². The molecule has 0 saturated heterocycles. The molecule has 2 aromatic rings. The third-order valence-corrected chi connectivity index (χ3v) is 4.08. The Kier molecular flexibility index (Phi) is 3.81. The third kappa shape index (κ3) is 2.92. The number of nitrogens with one attached hydrogen (secondary N) is 1. The predicted molar refractivity (Wildman–Crippen MR) is 79.7 cm³/mol. The van der Waals surface area contributed by atoms with Crippen molar-refractivity contribution < 1.29 is 14.2 Å². The van der Waals surface area contributed by atoms with Crippen molar-refractivity contribution in [3.63, 3.8) is 0 Å². The van der Waals surface area contributed by atoms with Gasteiger partial charge in [0.1, 0.15) is 5.54 Å². The first-order valence-corrected chi connectivity index (χ1v) is 7.38. The van der Waals surface area contributed by atoms with Crippen molar-refractivity contribution in [1.82, 2.24) is 15.5 Å². The summed E-state index contributed by atoms with van der Waals surface area (Å²) in [7, 11) is 0. The van der Waals surface area contributed by atoms with E-state index >= 15 is 0 Å². The summed E-state index contributed by atoms with van der Waals surface area (Å²) >= 11 is 0. The molecular weight excluding hydrogens is 300 g/mol. The molecule has 1 saturated carbocycles. The average molecular weight is 316 g/mol. The van der Waals surface area contributed by atoms with Crippen LogP contribution in [0.5, 0.6) is 0 Å². The molecule has 3 rings (SSSR count). The summed E-state index contributed by atoms with van der Waals surface area (Å²) in [5, 5.41) is 17.8. The van der Waals surface area contributed by atoms with E-state index in [4.69, 9.17) is 4.52 Å². The molecule has 120 valence electrons. The second-order valence-corrected chi connectivity index (χ2v) is 5.69. The number of nitrogens with zero attached hydrogens (tertiary/aromatic N) is 3. The zero-order chi connectivity index (χ0) is 16.4. The minimum atomic E-state index is -0.667. The molecule has 23 heavy (non-hydrogen) atoms. The molecule has 8 heteroatoms. The van der Waals surface area contributed by atoms with E-state index < -0.39 is 10.5 Å². The number of non-ortho nitro benzene ring substituents is 1. The van der Waals surface area contributed by atoms with Gasteiger partial charge in [0.15, 0.2) is 5.82 Å². The van der Waals surface area contributed by atoms with Gasteiger partial charge in [0.25, 0.3) is 11.6 Å². The number of aryl methyl sites for hydroxylation is 1. The molecule has 0 aliphatic heterocycles. The number of amides is 1. The molecule has 1 amide bonds. The summed E-state index contributed by atoms with van der Waals surface area (Å²) in [5.41, 5.74) is -0.543. The molecule has 1 fully saturated rings. The number of hydrogen-bond donors (Lipinski definition) is 1. The van der Waals surface area contributed by atoms with E-state index in [0.29, 0.717) is 24.6 Å². The van der Waals surface area contributed by atoms with Crippen LogP contribution in [0.3, 0.4) is 0 Å². The Hall–Kier alpha value is -2.77. The Morgan fingerprint density at radius 2 is 2.13 bits per heavy atom. The number of hydrogen-bond acceptors (Lipinski definition) is 6. The minimum Gasteiger partial charge on any atom is -0.340 e. The smallest absolute Gasteiger partial charge is 0.270 e. The number of nitro benzene ring substituents is 1. The molecule has 1 heterocycles. The fraction of sp³-hybridized carbons (Fsp3) is 0.400. The molecule has 1 aromatic heterocycles. The molecule has 0 bridgehead atoms. The van der Waals surface area contributed by atoms with Gasteiger partial charge in [-0.05, 0) is 18.9 Å². The number of nitro groups is 1. The standard InChI is InChI=1S/C15H16N4O4/c1-10-16-14(18-23-10)15(7-2-3-8-15)17-13(20)11-5-4-6-12(9-11)19(21)22/h4-6,9H,2-3,7-8H2,1H3,(H,17,20). The quantitative estimate of drug-likeness (QED) is 0.685. The van der Waals surface area contributed by atoms with Gasteiger partial charge in [-0.1, -0.05) is 24.1 Å². The Morgan fingerprint density at radius 1 is 1.39 bits per heavy atom. The molecule has 1 aliphatic carbocycles. The van der Waals surface area contributed by atoms with Gasteiger partial charge in [-0.3, -0.25) is 14.9 Å². The van der Waals surface area contributed by atoms with Crippen LogP contribution in [-0.2, 0) is 5.54 Å². The summed E-state index contributed by atoms with van der Waals surface area (Å²) in [6, 6.07) is 5.66. The van der Waals surface area contributed by atoms with Crippen molar-refractivity contribution in [2.75, 3.05) is 0 Å². The Balaban J connectivity index is 1.87. The van der Waals surface area contributed by atoms with Gasteiger partial charge < -0.3 is 9.84 Å². The molecule has 0 spiro atoms. The zero-order valence-electron chi connectivity index (χ0n) is 12.6. The second kappa shape index (κ2) is 5.79. The maximum atomic E-state index is 12.5. The van der Waals surface area contributed by atoms with Gasteiger partial charge in [0.05, 0.1) is 4.92 Å². The summed E-state index contributed by atoms with van der Waals surface area (Å²) in [6.07, 6.45) is 3.32. The van der Waals surface area contributed by atoms with Gasteiger partial charge in [0.2, 0.25) is 5.89 Å². The maximum absolute atomic E-state index is 12.5. The fourth-order valence-electron chi connectivity index (χ4n) is 2.93. The van der Waals surface area contributed by atoms with Crippen LogP contribution in [0.15, 0.2) is 28.8 Å². The van der Waals surface area contributed by atoms with Gasteiger partial charge in [-0.2, -0.15) is 4.98 Å². The van der Waals surface area contributed by atoms with Crippen molar-refractivity contribution in [3.05, 3.63) is 51.7 Å². The molecule has 1 aromatic carbocycles. The van der Waals surface area contributed by atoms with Crippen LogP contribution in [0.25, 0.3) is 0 Å².